The molecule has 0 spiro atoms. The van der Waals surface area contributed by atoms with Crippen LogP contribution in [0, 0.1) is 24.7 Å². The molecule has 3 aromatic heterocycles. The van der Waals surface area contributed by atoms with Crippen LogP contribution in [0.2, 0.25) is 0 Å². The van der Waals surface area contributed by atoms with E-state index < -0.39 is 17.0 Å². The van der Waals surface area contributed by atoms with Crippen LogP contribution in [0.5, 0.6) is 11.5 Å². The first-order valence-corrected chi connectivity index (χ1v) is 14.7. The number of hydrogen-bond donors (Lipinski definition) is 1. The molecule has 44 heavy (non-hydrogen) atoms. The van der Waals surface area contributed by atoms with E-state index in [1.165, 1.54) is 16.8 Å². The van der Waals surface area contributed by atoms with Crippen LogP contribution in [0.15, 0.2) is 67.1 Å². The van der Waals surface area contributed by atoms with Crippen molar-refractivity contribution in [3.8, 4) is 23.3 Å². The molecule has 2 aromatic carbocycles. The highest BCUT2D eigenvalue weighted by Crippen LogP contribution is 2.43. The van der Waals surface area contributed by atoms with E-state index in [-0.39, 0.29) is 17.5 Å². The molecule has 4 heterocycles. The van der Waals surface area contributed by atoms with Crippen LogP contribution in [0.1, 0.15) is 73.1 Å². The molecule has 0 radical (unpaired) electrons. The zero-order chi connectivity index (χ0) is 31.0. The van der Waals surface area contributed by atoms with Gasteiger partial charge in [0, 0.05) is 41.3 Å². The van der Waals surface area contributed by atoms with E-state index in [2.05, 4.69) is 22.2 Å². The maximum absolute atomic E-state index is 13.7. The number of ether oxygens (including phenoxy) is 1. The molecule has 0 aliphatic carbocycles. The molecular formula is C34H31N3O7. The second kappa shape index (κ2) is 11.5. The van der Waals surface area contributed by atoms with Crippen molar-refractivity contribution >= 4 is 27.7 Å². The molecule has 6 rings (SSSR count). The number of aromatic nitrogens is 3. The Morgan fingerprint density at radius 1 is 0.955 bits per heavy atom. The largest absolute Gasteiger partial charge is 0.508 e. The first-order valence-electron chi connectivity index (χ1n) is 14.7. The minimum atomic E-state index is -1.38. The summed E-state index contributed by atoms with van der Waals surface area (Å²) >= 11 is 0. The van der Waals surface area contributed by atoms with E-state index in [0.717, 1.165) is 36.8 Å². The number of phenolic OH excluding ortho intramolecular Hbond substituents is 1. The summed E-state index contributed by atoms with van der Waals surface area (Å²) in [5.41, 5.74) is 0.492. The van der Waals surface area contributed by atoms with Crippen LogP contribution in [-0.2, 0) is 12.1 Å². The second-order valence-electron chi connectivity index (χ2n) is 11.4. The van der Waals surface area contributed by atoms with Gasteiger partial charge in [-0.25, -0.2) is 14.3 Å². The van der Waals surface area contributed by atoms with E-state index in [4.69, 9.17) is 13.6 Å². The van der Waals surface area contributed by atoms with Gasteiger partial charge in [-0.3, -0.25) is 4.79 Å². The molecule has 1 N–H and O–H groups in total. The molecule has 1 aliphatic rings. The average molecular weight is 594 g/mol. The first-order chi connectivity index (χ1) is 21.2. The van der Waals surface area contributed by atoms with E-state index in [0.29, 0.717) is 51.8 Å². The van der Waals surface area contributed by atoms with Crippen LogP contribution in [-0.4, -0.2) is 25.9 Å². The van der Waals surface area contributed by atoms with E-state index in [1.807, 2.05) is 13.8 Å². The van der Waals surface area contributed by atoms with Gasteiger partial charge in [0.15, 0.2) is 0 Å². The molecule has 0 amide bonds. The molecule has 0 saturated heterocycles. The maximum Gasteiger partial charge on any atom is 0.352 e. The normalized spacial score (nSPS) is 15.9. The van der Waals surface area contributed by atoms with Crippen molar-refractivity contribution in [1.82, 2.24) is 15.0 Å². The summed E-state index contributed by atoms with van der Waals surface area (Å²) in [6.45, 7) is 5.57. The summed E-state index contributed by atoms with van der Waals surface area (Å²) in [6.07, 6.45) is 6.82. The fourth-order valence-corrected chi connectivity index (χ4v) is 5.52. The first kappa shape index (κ1) is 28.9. The van der Waals surface area contributed by atoms with Gasteiger partial charge in [0.2, 0.25) is 5.78 Å². The topological polar surface area (TPSA) is 138 Å². The van der Waals surface area contributed by atoms with Gasteiger partial charge < -0.3 is 18.7 Å². The fraction of sp³-hybridized carbons (Fsp3) is 0.324. The third-order valence-electron chi connectivity index (χ3n) is 7.98. The zero-order valence-electron chi connectivity index (χ0n) is 24.7. The number of aromatic hydroxyl groups is 1. The number of fused-ring (bicyclic) bond motifs is 3. The van der Waals surface area contributed by atoms with Crippen LogP contribution < -0.4 is 16.0 Å². The summed E-state index contributed by atoms with van der Waals surface area (Å²) in [7, 11) is 0. The number of carbonyl (C=O) groups is 1. The summed E-state index contributed by atoms with van der Waals surface area (Å²) in [5.74, 6) is 5.94. The number of Topliss-reactive ketones (excluding diaryl/α,β-unsaturated/α-hetero) is 1. The lowest BCUT2D eigenvalue weighted by Gasteiger charge is -2.30. The number of unbranched alkanes of at least 4 members (excludes halogenated alkanes) is 4. The lowest BCUT2D eigenvalue weighted by atomic mass is 9.92. The van der Waals surface area contributed by atoms with Crippen molar-refractivity contribution < 1.29 is 23.5 Å². The van der Waals surface area contributed by atoms with Crippen molar-refractivity contribution in [3.63, 3.8) is 0 Å². The van der Waals surface area contributed by atoms with Gasteiger partial charge in [-0.1, -0.05) is 43.7 Å². The number of aryl methyl sites for hydroxylation is 2. The summed E-state index contributed by atoms with van der Waals surface area (Å²) in [5, 5.41) is 19.8. The van der Waals surface area contributed by atoms with E-state index in [9.17, 15) is 19.5 Å². The standard InChI is InChI=1S/C34H31N3O7/c1-20(2)34(32(40)26-16-22-12-13-31(39)42-29(22)18-30(26)44-34)37-19-25(35-36-37)11-9-7-5-4-6-8-10-23-15-24-14-21(3)27(38)17-28(24)43-33(23)41/h12-20,38H,4-7,9,11H2,1-3H3. The Labute approximate surface area is 252 Å². The summed E-state index contributed by atoms with van der Waals surface area (Å²) < 4.78 is 18.4. The molecule has 10 nitrogen and oxygen atoms in total. The van der Waals surface area contributed by atoms with Crippen molar-refractivity contribution in [2.45, 2.75) is 65.0 Å². The number of nitrogens with zero attached hydrogens (tertiary/aromatic N) is 3. The molecule has 1 unspecified atom stereocenters. The molecule has 224 valence electrons. The molecule has 1 atom stereocenters. The lowest BCUT2D eigenvalue weighted by molar-refractivity contribution is -0.0241. The van der Waals surface area contributed by atoms with Crippen molar-refractivity contribution in [2.24, 2.45) is 5.92 Å². The van der Waals surface area contributed by atoms with Gasteiger partial charge in [0.25, 0.3) is 5.72 Å². The molecule has 5 aromatic rings. The predicted octanol–water partition coefficient (Wildman–Crippen LogP) is 5.63. The van der Waals surface area contributed by atoms with Gasteiger partial charge in [-0.15, -0.1) is 5.10 Å². The smallest absolute Gasteiger partial charge is 0.352 e. The molecule has 0 saturated carbocycles. The number of rotatable bonds is 8. The third-order valence-corrected chi connectivity index (χ3v) is 7.98. The number of phenols is 1. The monoisotopic (exact) mass is 593 g/mol. The Morgan fingerprint density at radius 3 is 2.57 bits per heavy atom. The lowest BCUT2D eigenvalue weighted by Crippen LogP contribution is -2.48. The average Bonchev–Trinajstić information content (AvgIpc) is 3.57. The van der Waals surface area contributed by atoms with Gasteiger partial charge in [-0.05, 0) is 56.0 Å². The highest BCUT2D eigenvalue weighted by Gasteiger charge is 2.53. The Morgan fingerprint density at radius 2 is 1.75 bits per heavy atom. The van der Waals surface area contributed by atoms with Crippen LogP contribution in [0.4, 0.5) is 0 Å². The Hall–Kier alpha value is -5.17. The molecule has 1 aliphatic heterocycles. The minimum Gasteiger partial charge on any atom is -0.508 e. The number of carbonyl (C=O) groups excluding carboxylic acids is 1. The highest BCUT2D eigenvalue weighted by atomic mass is 16.5. The van der Waals surface area contributed by atoms with Crippen LogP contribution >= 0.6 is 0 Å². The Balaban J connectivity index is 1.04. The van der Waals surface area contributed by atoms with Gasteiger partial charge in [0.1, 0.15) is 28.2 Å². The van der Waals surface area contributed by atoms with E-state index >= 15 is 0 Å². The second-order valence-corrected chi connectivity index (χ2v) is 11.4. The third kappa shape index (κ3) is 5.26. The summed E-state index contributed by atoms with van der Waals surface area (Å²) in [4.78, 5) is 37.6. The van der Waals surface area contributed by atoms with Crippen molar-refractivity contribution in [1.29, 1.82) is 0 Å². The number of hydrogen-bond acceptors (Lipinski definition) is 9. The van der Waals surface area contributed by atoms with Gasteiger partial charge in [0.05, 0.1) is 17.5 Å². The maximum atomic E-state index is 13.7. The molecule has 0 fully saturated rings. The predicted molar refractivity (Wildman–Crippen MR) is 163 cm³/mol. The highest BCUT2D eigenvalue weighted by molar-refractivity contribution is 6.08. The molecule has 10 heteroatoms. The van der Waals surface area contributed by atoms with Crippen LogP contribution in [0.25, 0.3) is 21.9 Å². The Bertz CT molecular complexity index is 2090. The van der Waals surface area contributed by atoms with Gasteiger partial charge >= 0.3 is 11.3 Å². The number of benzene rings is 2. The quantitative estimate of drug-likeness (QED) is 0.138. The number of ketones is 1. The summed E-state index contributed by atoms with van der Waals surface area (Å²) in [6, 6.07) is 11.1. The molecular weight excluding hydrogens is 562 g/mol. The van der Waals surface area contributed by atoms with Gasteiger partial charge in [-0.2, -0.15) is 0 Å². The SMILES string of the molecule is Cc1cc2cc(C#CCCCCCCc3cn(C4(C(C)C)Oc5cc6oc(=O)ccc6cc5C4=O)nn3)c(=O)oc2cc1O. The zero-order valence-corrected chi connectivity index (χ0v) is 24.7. The van der Waals surface area contributed by atoms with Crippen molar-refractivity contribution in [3.05, 3.63) is 91.9 Å². The Kier molecular flexibility index (Phi) is 7.55. The van der Waals surface area contributed by atoms with Crippen molar-refractivity contribution in [2.75, 3.05) is 0 Å². The van der Waals surface area contributed by atoms with E-state index in [1.54, 1.807) is 43.5 Å². The molecule has 0 bridgehead atoms. The van der Waals surface area contributed by atoms with Crippen LogP contribution in [0.3, 0.4) is 0 Å². The fourth-order valence-electron chi connectivity index (χ4n) is 5.52. The minimum absolute atomic E-state index is 0.0831.